The minimum absolute atomic E-state index is 0.0385. The molecule has 0 radical (unpaired) electrons. The van der Waals surface area contributed by atoms with Gasteiger partial charge in [-0.05, 0) is 24.0 Å². The number of amides is 1. The molecule has 0 aliphatic carbocycles. The molecule has 1 N–H and O–H groups in total. The molecule has 4 nitrogen and oxygen atoms in total. The molecule has 0 saturated heterocycles. The number of nitrogens with one attached hydrogen (secondary N) is 1. The number of carbonyl (C=O) groups excluding carboxylic acids is 2. The summed E-state index contributed by atoms with van der Waals surface area (Å²) in [5, 5.41) is 2.70. The zero-order valence-corrected chi connectivity index (χ0v) is 11.6. The molecule has 0 spiro atoms. The molecule has 1 aromatic carbocycles. The predicted molar refractivity (Wildman–Crippen MR) is 73.8 cm³/mol. The van der Waals surface area contributed by atoms with Crippen LogP contribution in [0.5, 0.6) is 0 Å². The van der Waals surface area contributed by atoms with Gasteiger partial charge in [0, 0.05) is 13.0 Å². The Labute approximate surface area is 114 Å². The van der Waals surface area contributed by atoms with E-state index in [9.17, 15) is 9.59 Å². The average molecular weight is 263 g/mol. The third-order valence-electron chi connectivity index (χ3n) is 2.95. The lowest BCUT2D eigenvalue weighted by Gasteiger charge is -2.05. The summed E-state index contributed by atoms with van der Waals surface area (Å²) < 4.78 is 4.49. The van der Waals surface area contributed by atoms with Crippen LogP contribution in [0.1, 0.15) is 30.9 Å². The van der Waals surface area contributed by atoms with E-state index < -0.39 is 0 Å². The van der Waals surface area contributed by atoms with Crippen molar-refractivity contribution in [2.75, 3.05) is 13.7 Å². The van der Waals surface area contributed by atoms with E-state index >= 15 is 0 Å². The average Bonchev–Trinajstić information content (AvgIpc) is 2.45. The van der Waals surface area contributed by atoms with Crippen LogP contribution < -0.4 is 5.32 Å². The number of benzene rings is 1. The second-order valence-electron chi connectivity index (χ2n) is 4.35. The maximum Gasteiger partial charge on any atom is 0.307 e. The molecule has 1 amide bonds. The Morgan fingerprint density at radius 3 is 2.32 bits per heavy atom. The van der Waals surface area contributed by atoms with Crippen molar-refractivity contribution < 1.29 is 14.3 Å². The quantitative estimate of drug-likeness (QED) is 0.764. The first kappa shape index (κ1) is 15.2. The van der Waals surface area contributed by atoms with E-state index in [2.05, 4.69) is 41.2 Å². The van der Waals surface area contributed by atoms with Gasteiger partial charge in [-0.3, -0.25) is 9.59 Å². The first-order chi connectivity index (χ1) is 9.15. The van der Waals surface area contributed by atoms with Crippen LogP contribution in [0.3, 0.4) is 0 Å². The van der Waals surface area contributed by atoms with Gasteiger partial charge in [-0.25, -0.2) is 0 Å². The molecule has 104 valence electrons. The molecule has 0 heterocycles. The van der Waals surface area contributed by atoms with Gasteiger partial charge < -0.3 is 10.1 Å². The second kappa shape index (κ2) is 8.29. The van der Waals surface area contributed by atoms with Gasteiger partial charge in [0.2, 0.25) is 5.91 Å². The van der Waals surface area contributed by atoms with Crippen molar-refractivity contribution >= 4 is 11.9 Å². The van der Waals surface area contributed by atoms with Crippen molar-refractivity contribution in [3.8, 4) is 0 Å². The Kier molecular flexibility index (Phi) is 6.64. The largest absolute Gasteiger partial charge is 0.469 e. The Bertz CT molecular complexity index is 412. The highest BCUT2D eigenvalue weighted by molar-refractivity contribution is 5.77. The van der Waals surface area contributed by atoms with Crippen molar-refractivity contribution in [2.24, 2.45) is 0 Å². The zero-order chi connectivity index (χ0) is 14.1. The van der Waals surface area contributed by atoms with Crippen molar-refractivity contribution in [1.29, 1.82) is 0 Å². The summed E-state index contributed by atoms with van der Waals surface area (Å²) in [5.41, 5.74) is 2.45. The fraction of sp³-hybridized carbons (Fsp3) is 0.467. The van der Waals surface area contributed by atoms with Gasteiger partial charge >= 0.3 is 5.97 Å². The SMILES string of the molecule is CCc1ccc(CCC(=O)NCCC(=O)OC)cc1. The first-order valence-electron chi connectivity index (χ1n) is 6.57. The van der Waals surface area contributed by atoms with Gasteiger partial charge in [0.25, 0.3) is 0 Å². The van der Waals surface area contributed by atoms with Crippen molar-refractivity contribution in [3.05, 3.63) is 35.4 Å². The van der Waals surface area contributed by atoms with Gasteiger partial charge in [0.1, 0.15) is 0 Å². The smallest absolute Gasteiger partial charge is 0.307 e. The number of esters is 1. The van der Waals surface area contributed by atoms with Gasteiger partial charge in [0.15, 0.2) is 0 Å². The summed E-state index contributed by atoms with van der Waals surface area (Å²) in [4.78, 5) is 22.4. The molecule has 0 bridgehead atoms. The molecule has 0 unspecified atom stereocenters. The highest BCUT2D eigenvalue weighted by Gasteiger charge is 2.04. The number of ether oxygens (including phenoxy) is 1. The van der Waals surface area contributed by atoms with E-state index in [1.807, 2.05) is 0 Å². The Hall–Kier alpha value is -1.84. The minimum Gasteiger partial charge on any atom is -0.469 e. The van der Waals surface area contributed by atoms with E-state index in [4.69, 9.17) is 0 Å². The van der Waals surface area contributed by atoms with E-state index in [-0.39, 0.29) is 18.3 Å². The number of aryl methyl sites for hydroxylation is 2. The molecule has 1 rings (SSSR count). The molecule has 1 aromatic rings. The van der Waals surface area contributed by atoms with Gasteiger partial charge in [-0.1, -0.05) is 31.2 Å². The molecule has 4 heteroatoms. The maximum absolute atomic E-state index is 11.5. The van der Waals surface area contributed by atoms with Crippen molar-refractivity contribution in [3.63, 3.8) is 0 Å². The second-order valence-corrected chi connectivity index (χ2v) is 4.35. The van der Waals surface area contributed by atoms with Gasteiger partial charge in [0.05, 0.1) is 13.5 Å². The molecular weight excluding hydrogens is 242 g/mol. The molecule has 0 saturated carbocycles. The highest BCUT2D eigenvalue weighted by atomic mass is 16.5. The Morgan fingerprint density at radius 2 is 1.74 bits per heavy atom. The molecule has 0 aromatic heterocycles. The highest BCUT2D eigenvalue weighted by Crippen LogP contribution is 2.07. The van der Waals surface area contributed by atoms with Crippen LogP contribution in [0.2, 0.25) is 0 Å². The summed E-state index contributed by atoms with van der Waals surface area (Å²) in [5.74, 6) is -0.348. The Balaban J connectivity index is 2.23. The zero-order valence-electron chi connectivity index (χ0n) is 11.6. The summed E-state index contributed by atoms with van der Waals surface area (Å²) in [6.45, 7) is 2.45. The van der Waals surface area contributed by atoms with E-state index in [0.717, 1.165) is 12.0 Å². The maximum atomic E-state index is 11.5. The third-order valence-corrected chi connectivity index (χ3v) is 2.95. The number of hydrogen-bond acceptors (Lipinski definition) is 3. The van der Waals surface area contributed by atoms with Crippen LogP contribution in [0.15, 0.2) is 24.3 Å². The van der Waals surface area contributed by atoms with Crippen LogP contribution in [-0.4, -0.2) is 25.5 Å². The standard InChI is InChI=1S/C15H21NO3/c1-3-12-4-6-13(7-5-12)8-9-14(17)16-11-10-15(18)19-2/h4-7H,3,8-11H2,1-2H3,(H,16,17). The normalized spacial score (nSPS) is 10.0. The van der Waals surface area contributed by atoms with Gasteiger partial charge in [-0.15, -0.1) is 0 Å². The number of methoxy groups -OCH3 is 1. The van der Waals surface area contributed by atoms with E-state index in [1.165, 1.54) is 12.7 Å². The monoisotopic (exact) mass is 263 g/mol. The summed E-state index contributed by atoms with van der Waals surface area (Å²) in [6.07, 6.45) is 2.39. The third kappa shape index (κ3) is 6.04. The predicted octanol–water partition coefficient (Wildman–Crippen LogP) is 1.86. The van der Waals surface area contributed by atoms with Gasteiger partial charge in [-0.2, -0.15) is 0 Å². The minimum atomic E-state index is -0.310. The summed E-state index contributed by atoms with van der Waals surface area (Å²) in [7, 11) is 1.34. The van der Waals surface area contributed by atoms with Crippen LogP contribution in [0.25, 0.3) is 0 Å². The molecule has 0 aliphatic heterocycles. The molecule has 19 heavy (non-hydrogen) atoms. The van der Waals surface area contributed by atoms with E-state index in [1.54, 1.807) is 0 Å². The molecular formula is C15H21NO3. The lowest BCUT2D eigenvalue weighted by atomic mass is 10.1. The van der Waals surface area contributed by atoms with Crippen LogP contribution in [0.4, 0.5) is 0 Å². The number of rotatable bonds is 7. The van der Waals surface area contributed by atoms with E-state index in [0.29, 0.717) is 19.4 Å². The lowest BCUT2D eigenvalue weighted by molar-refractivity contribution is -0.140. The van der Waals surface area contributed by atoms with Crippen LogP contribution in [-0.2, 0) is 27.2 Å². The molecule has 0 fully saturated rings. The Morgan fingerprint density at radius 1 is 1.11 bits per heavy atom. The fourth-order valence-corrected chi connectivity index (χ4v) is 1.69. The van der Waals surface area contributed by atoms with Crippen LogP contribution >= 0.6 is 0 Å². The first-order valence-corrected chi connectivity index (χ1v) is 6.57. The molecule has 0 atom stereocenters. The summed E-state index contributed by atoms with van der Waals surface area (Å²) in [6, 6.07) is 8.29. The van der Waals surface area contributed by atoms with Crippen molar-refractivity contribution in [2.45, 2.75) is 32.6 Å². The topological polar surface area (TPSA) is 55.4 Å². The number of carbonyl (C=O) groups is 2. The van der Waals surface area contributed by atoms with Crippen molar-refractivity contribution in [1.82, 2.24) is 5.32 Å². The number of hydrogen-bond donors (Lipinski definition) is 1. The molecule has 0 aliphatic rings. The fourth-order valence-electron chi connectivity index (χ4n) is 1.69. The van der Waals surface area contributed by atoms with Crippen LogP contribution in [0, 0.1) is 0 Å². The summed E-state index contributed by atoms with van der Waals surface area (Å²) >= 11 is 0. The lowest BCUT2D eigenvalue weighted by Crippen LogP contribution is -2.26.